The van der Waals surface area contributed by atoms with Crippen molar-refractivity contribution in [3.63, 3.8) is 0 Å². The van der Waals surface area contributed by atoms with Crippen molar-refractivity contribution in [2.75, 3.05) is 0 Å². The molecule has 0 bridgehead atoms. The normalized spacial score (nSPS) is 12.3. The Balaban J connectivity index is 2.40. The van der Waals surface area contributed by atoms with Crippen molar-refractivity contribution in [2.45, 2.75) is 25.3 Å². The number of benzene rings is 1. The number of nitrogens with two attached hydrogens (primary N) is 1. The van der Waals surface area contributed by atoms with E-state index < -0.39 is 5.97 Å². The lowest BCUT2D eigenvalue weighted by atomic mass is 10.0. The Morgan fingerprint density at radius 3 is 2.47 bits per heavy atom. The van der Waals surface area contributed by atoms with Crippen molar-refractivity contribution in [3.8, 4) is 5.75 Å². The highest BCUT2D eigenvalue weighted by Crippen LogP contribution is 2.12. The van der Waals surface area contributed by atoms with Crippen molar-refractivity contribution in [3.05, 3.63) is 29.8 Å². The van der Waals surface area contributed by atoms with Crippen LogP contribution in [0.5, 0.6) is 5.75 Å². The summed E-state index contributed by atoms with van der Waals surface area (Å²) in [4.78, 5) is 10.3. The third-order valence-electron chi connectivity index (χ3n) is 2.16. The molecular weight excluding hydrogens is 194 g/mol. The maximum atomic E-state index is 10.3. The number of rotatable bonds is 5. The lowest BCUT2D eigenvalue weighted by Crippen LogP contribution is -2.23. The van der Waals surface area contributed by atoms with E-state index in [1.54, 1.807) is 24.3 Å². The van der Waals surface area contributed by atoms with Crippen LogP contribution in [0.2, 0.25) is 0 Å². The van der Waals surface area contributed by atoms with Gasteiger partial charge in [-0.1, -0.05) is 12.1 Å². The molecule has 0 saturated carbocycles. The summed E-state index contributed by atoms with van der Waals surface area (Å²) in [6.45, 7) is 0. The van der Waals surface area contributed by atoms with Gasteiger partial charge in [-0.25, -0.2) is 0 Å². The molecule has 4 heteroatoms. The molecule has 0 aliphatic rings. The van der Waals surface area contributed by atoms with Gasteiger partial charge in [-0.3, -0.25) is 4.79 Å². The molecule has 1 atom stereocenters. The van der Waals surface area contributed by atoms with E-state index in [0.717, 1.165) is 5.56 Å². The van der Waals surface area contributed by atoms with Crippen molar-refractivity contribution < 1.29 is 15.0 Å². The molecule has 1 unspecified atom stereocenters. The van der Waals surface area contributed by atoms with Crippen LogP contribution in [0.4, 0.5) is 0 Å². The third-order valence-corrected chi connectivity index (χ3v) is 2.16. The number of hydrogen-bond acceptors (Lipinski definition) is 3. The number of aromatic hydroxyl groups is 1. The number of phenols is 1. The summed E-state index contributed by atoms with van der Waals surface area (Å²) in [5.41, 5.74) is 6.77. The van der Waals surface area contributed by atoms with Crippen LogP contribution in [0.1, 0.15) is 18.4 Å². The minimum atomic E-state index is -0.823. The molecule has 0 spiro atoms. The molecule has 4 nitrogen and oxygen atoms in total. The zero-order valence-corrected chi connectivity index (χ0v) is 8.39. The van der Waals surface area contributed by atoms with Gasteiger partial charge in [0.1, 0.15) is 5.75 Å². The van der Waals surface area contributed by atoms with E-state index in [4.69, 9.17) is 15.9 Å². The van der Waals surface area contributed by atoms with Crippen molar-refractivity contribution in [1.29, 1.82) is 0 Å². The lowest BCUT2D eigenvalue weighted by Gasteiger charge is -2.09. The Kier molecular flexibility index (Phi) is 4.12. The molecule has 0 aromatic heterocycles. The zero-order chi connectivity index (χ0) is 11.3. The smallest absolute Gasteiger partial charge is 0.303 e. The molecule has 1 aromatic carbocycles. The SMILES string of the molecule is NC(CCC(=O)O)Cc1ccc(O)cc1. The summed E-state index contributed by atoms with van der Waals surface area (Å²) in [6.07, 6.45) is 1.20. The Morgan fingerprint density at radius 1 is 1.33 bits per heavy atom. The molecule has 0 radical (unpaired) electrons. The molecule has 0 saturated heterocycles. The standard InChI is InChI=1S/C11H15NO3/c12-9(3-6-11(14)15)7-8-1-4-10(13)5-2-8/h1-2,4-5,9,13H,3,6-7,12H2,(H,14,15). The van der Waals surface area contributed by atoms with E-state index >= 15 is 0 Å². The highest BCUT2D eigenvalue weighted by Gasteiger charge is 2.06. The molecule has 4 N–H and O–H groups in total. The van der Waals surface area contributed by atoms with E-state index in [1.165, 1.54) is 0 Å². The first-order valence-electron chi connectivity index (χ1n) is 4.83. The molecule has 1 aromatic rings. The minimum absolute atomic E-state index is 0.0965. The van der Waals surface area contributed by atoms with Gasteiger partial charge in [-0.15, -0.1) is 0 Å². The Bertz CT molecular complexity index is 321. The zero-order valence-electron chi connectivity index (χ0n) is 8.39. The van der Waals surface area contributed by atoms with Gasteiger partial charge >= 0.3 is 5.97 Å². The first-order chi connectivity index (χ1) is 7.08. The summed E-state index contributed by atoms with van der Waals surface area (Å²) in [5.74, 6) is -0.603. The highest BCUT2D eigenvalue weighted by atomic mass is 16.4. The van der Waals surface area contributed by atoms with Gasteiger partial charge in [0.05, 0.1) is 0 Å². The summed E-state index contributed by atoms with van der Waals surface area (Å²) in [7, 11) is 0. The fourth-order valence-corrected chi connectivity index (χ4v) is 1.35. The highest BCUT2D eigenvalue weighted by molar-refractivity contribution is 5.66. The van der Waals surface area contributed by atoms with Gasteiger partial charge in [0, 0.05) is 12.5 Å². The maximum absolute atomic E-state index is 10.3. The Hall–Kier alpha value is -1.55. The van der Waals surface area contributed by atoms with Crippen LogP contribution in [0.25, 0.3) is 0 Å². The van der Waals surface area contributed by atoms with E-state index in [2.05, 4.69) is 0 Å². The van der Waals surface area contributed by atoms with Gasteiger partial charge in [0.15, 0.2) is 0 Å². The van der Waals surface area contributed by atoms with Crippen LogP contribution in [-0.4, -0.2) is 22.2 Å². The summed E-state index contributed by atoms with van der Waals surface area (Å²) in [6, 6.07) is 6.62. The van der Waals surface area contributed by atoms with Crippen LogP contribution in [0.3, 0.4) is 0 Å². The minimum Gasteiger partial charge on any atom is -0.508 e. The molecule has 15 heavy (non-hydrogen) atoms. The second-order valence-electron chi connectivity index (χ2n) is 3.56. The largest absolute Gasteiger partial charge is 0.508 e. The first-order valence-corrected chi connectivity index (χ1v) is 4.83. The molecule has 0 heterocycles. The second kappa shape index (κ2) is 5.36. The number of phenolic OH excluding ortho intramolecular Hbond substituents is 1. The Labute approximate surface area is 88.3 Å². The summed E-state index contributed by atoms with van der Waals surface area (Å²) in [5, 5.41) is 17.5. The third kappa shape index (κ3) is 4.46. The van der Waals surface area contributed by atoms with Crippen molar-refractivity contribution in [1.82, 2.24) is 0 Å². The molecule has 0 aliphatic carbocycles. The average molecular weight is 209 g/mol. The predicted molar refractivity (Wildman–Crippen MR) is 56.7 cm³/mol. The topological polar surface area (TPSA) is 83.6 Å². The van der Waals surface area contributed by atoms with Gasteiger partial charge in [0.25, 0.3) is 0 Å². The molecular formula is C11H15NO3. The monoisotopic (exact) mass is 209 g/mol. The molecule has 1 rings (SSSR count). The fourth-order valence-electron chi connectivity index (χ4n) is 1.35. The van der Waals surface area contributed by atoms with E-state index in [-0.39, 0.29) is 18.2 Å². The number of carboxylic acid groups (broad SMARTS) is 1. The van der Waals surface area contributed by atoms with Crippen molar-refractivity contribution in [2.24, 2.45) is 5.73 Å². The first kappa shape index (κ1) is 11.5. The fraction of sp³-hybridized carbons (Fsp3) is 0.364. The van der Waals surface area contributed by atoms with Gasteiger partial charge in [-0.05, 0) is 30.5 Å². The average Bonchev–Trinajstić information content (AvgIpc) is 2.19. The number of carbonyl (C=O) groups is 1. The molecule has 0 fully saturated rings. The number of hydrogen-bond donors (Lipinski definition) is 3. The second-order valence-corrected chi connectivity index (χ2v) is 3.56. The van der Waals surface area contributed by atoms with Crippen LogP contribution < -0.4 is 5.73 Å². The van der Waals surface area contributed by atoms with Crippen LogP contribution in [0, 0.1) is 0 Å². The van der Waals surface area contributed by atoms with E-state index in [1.807, 2.05) is 0 Å². The maximum Gasteiger partial charge on any atom is 0.303 e. The van der Waals surface area contributed by atoms with Crippen LogP contribution in [-0.2, 0) is 11.2 Å². The van der Waals surface area contributed by atoms with Gasteiger partial charge in [0.2, 0.25) is 0 Å². The molecule has 0 aliphatic heterocycles. The van der Waals surface area contributed by atoms with E-state index in [0.29, 0.717) is 12.8 Å². The van der Waals surface area contributed by atoms with Crippen LogP contribution >= 0.6 is 0 Å². The molecule has 82 valence electrons. The van der Waals surface area contributed by atoms with E-state index in [9.17, 15) is 4.79 Å². The van der Waals surface area contributed by atoms with Gasteiger partial charge < -0.3 is 15.9 Å². The summed E-state index contributed by atoms with van der Waals surface area (Å²) < 4.78 is 0. The Morgan fingerprint density at radius 2 is 1.93 bits per heavy atom. The molecule has 0 amide bonds. The number of carboxylic acids is 1. The summed E-state index contributed by atoms with van der Waals surface area (Å²) >= 11 is 0. The quantitative estimate of drug-likeness (QED) is 0.678. The van der Waals surface area contributed by atoms with Gasteiger partial charge in [-0.2, -0.15) is 0 Å². The van der Waals surface area contributed by atoms with Crippen molar-refractivity contribution >= 4 is 5.97 Å². The predicted octanol–water partition coefficient (Wildman–Crippen LogP) is 1.13. The lowest BCUT2D eigenvalue weighted by molar-refractivity contribution is -0.137. The van der Waals surface area contributed by atoms with Crippen LogP contribution in [0.15, 0.2) is 24.3 Å². The number of aliphatic carboxylic acids is 1.